The van der Waals surface area contributed by atoms with E-state index in [2.05, 4.69) is 37.9 Å². The Hall–Kier alpha value is -1.06. The van der Waals surface area contributed by atoms with E-state index < -0.39 is 0 Å². The number of hydrogen-bond acceptors (Lipinski definition) is 3. The molecule has 0 aliphatic heterocycles. The summed E-state index contributed by atoms with van der Waals surface area (Å²) >= 11 is 0. The minimum atomic E-state index is 0.120. The van der Waals surface area contributed by atoms with Crippen molar-refractivity contribution in [1.82, 2.24) is 4.90 Å². The normalized spacial score (nSPS) is 14.4. The Morgan fingerprint density at radius 3 is 2.26 bits per heavy atom. The summed E-state index contributed by atoms with van der Waals surface area (Å²) in [6.07, 6.45) is 3.40. The number of ether oxygens (including phenoxy) is 1. The summed E-state index contributed by atoms with van der Waals surface area (Å²) in [7, 11) is 3.87. The topological polar surface area (TPSA) is 38.5 Å². The Morgan fingerprint density at radius 1 is 1.21 bits per heavy atom. The highest BCUT2D eigenvalue weighted by Gasteiger charge is 2.30. The number of rotatable bonds is 8. The summed E-state index contributed by atoms with van der Waals surface area (Å²) in [5.41, 5.74) is 7.46. The van der Waals surface area contributed by atoms with Gasteiger partial charge < -0.3 is 10.5 Å². The van der Waals surface area contributed by atoms with Crippen LogP contribution in [0.4, 0.5) is 0 Å². The predicted molar refractivity (Wildman–Crippen MR) is 81.4 cm³/mol. The summed E-state index contributed by atoms with van der Waals surface area (Å²) in [4.78, 5) is 2.40. The van der Waals surface area contributed by atoms with Gasteiger partial charge in [0.1, 0.15) is 5.75 Å². The molecule has 2 N–H and O–H groups in total. The molecule has 1 atom stereocenters. The number of nitrogens with zero attached hydrogens (tertiary/aromatic N) is 1. The Bertz CT molecular complexity index is 358. The molecule has 108 valence electrons. The SMILES string of the molecule is CCCC(CC)(CN)N(C)Cc1ccc(OC)cc1. The third-order valence-electron chi connectivity index (χ3n) is 4.14. The van der Waals surface area contributed by atoms with E-state index in [-0.39, 0.29) is 5.54 Å². The fraction of sp³-hybridized carbons (Fsp3) is 0.625. The van der Waals surface area contributed by atoms with E-state index in [4.69, 9.17) is 10.5 Å². The van der Waals surface area contributed by atoms with E-state index in [1.54, 1.807) is 7.11 Å². The lowest BCUT2D eigenvalue weighted by Crippen LogP contribution is -2.51. The average Bonchev–Trinajstić information content (AvgIpc) is 2.45. The monoisotopic (exact) mass is 264 g/mol. The number of likely N-dealkylation sites (N-methyl/N-ethyl adjacent to an activating group) is 1. The lowest BCUT2D eigenvalue weighted by atomic mass is 9.88. The Labute approximate surface area is 117 Å². The second-order valence-electron chi connectivity index (χ2n) is 5.24. The molecule has 0 aliphatic carbocycles. The van der Waals surface area contributed by atoms with Gasteiger partial charge in [-0.05, 0) is 37.6 Å². The maximum Gasteiger partial charge on any atom is 0.118 e. The third kappa shape index (κ3) is 3.95. The zero-order valence-electron chi connectivity index (χ0n) is 12.8. The molecule has 0 amide bonds. The molecule has 3 heteroatoms. The van der Waals surface area contributed by atoms with Gasteiger partial charge in [0, 0.05) is 18.6 Å². The van der Waals surface area contributed by atoms with Gasteiger partial charge >= 0.3 is 0 Å². The second-order valence-corrected chi connectivity index (χ2v) is 5.24. The van der Waals surface area contributed by atoms with Crippen LogP contribution in [0.15, 0.2) is 24.3 Å². The second kappa shape index (κ2) is 7.51. The highest BCUT2D eigenvalue weighted by molar-refractivity contribution is 5.27. The van der Waals surface area contributed by atoms with E-state index in [0.29, 0.717) is 6.54 Å². The van der Waals surface area contributed by atoms with E-state index in [1.165, 1.54) is 5.56 Å². The lowest BCUT2D eigenvalue weighted by Gasteiger charge is -2.41. The number of methoxy groups -OCH3 is 1. The van der Waals surface area contributed by atoms with Gasteiger partial charge in [-0.2, -0.15) is 0 Å². The molecule has 1 aromatic rings. The van der Waals surface area contributed by atoms with Crippen molar-refractivity contribution < 1.29 is 4.74 Å². The van der Waals surface area contributed by atoms with Gasteiger partial charge in [0.05, 0.1) is 7.11 Å². The van der Waals surface area contributed by atoms with Crippen molar-refractivity contribution >= 4 is 0 Å². The van der Waals surface area contributed by atoms with Crippen molar-refractivity contribution in [2.75, 3.05) is 20.7 Å². The van der Waals surface area contributed by atoms with Crippen LogP contribution >= 0.6 is 0 Å². The van der Waals surface area contributed by atoms with E-state index in [0.717, 1.165) is 31.6 Å². The van der Waals surface area contributed by atoms with Gasteiger partial charge in [0.25, 0.3) is 0 Å². The third-order valence-corrected chi connectivity index (χ3v) is 4.14. The van der Waals surface area contributed by atoms with Crippen LogP contribution in [0.2, 0.25) is 0 Å². The minimum Gasteiger partial charge on any atom is -0.497 e. The number of hydrogen-bond donors (Lipinski definition) is 1. The van der Waals surface area contributed by atoms with Crippen LogP contribution < -0.4 is 10.5 Å². The van der Waals surface area contributed by atoms with Gasteiger partial charge in [-0.3, -0.25) is 4.90 Å². The molecule has 0 heterocycles. The highest BCUT2D eigenvalue weighted by Crippen LogP contribution is 2.25. The molecule has 0 saturated heterocycles. The van der Waals surface area contributed by atoms with Gasteiger partial charge in [0.15, 0.2) is 0 Å². The van der Waals surface area contributed by atoms with Crippen molar-refractivity contribution in [1.29, 1.82) is 0 Å². The Morgan fingerprint density at radius 2 is 1.84 bits per heavy atom. The standard InChI is InChI=1S/C16H28N2O/c1-5-11-16(6-2,13-17)18(3)12-14-7-9-15(19-4)10-8-14/h7-10H,5-6,11-13,17H2,1-4H3. The molecule has 0 radical (unpaired) electrons. The maximum absolute atomic E-state index is 6.04. The molecule has 1 unspecified atom stereocenters. The van der Waals surface area contributed by atoms with E-state index in [9.17, 15) is 0 Å². The molecule has 1 rings (SSSR count). The van der Waals surface area contributed by atoms with Gasteiger partial charge in [-0.1, -0.05) is 32.4 Å². The van der Waals surface area contributed by atoms with Gasteiger partial charge in [-0.25, -0.2) is 0 Å². The fourth-order valence-corrected chi connectivity index (χ4v) is 2.68. The molecule has 0 saturated carbocycles. The predicted octanol–water partition coefficient (Wildman–Crippen LogP) is 3.03. The Kier molecular flexibility index (Phi) is 6.32. The maximum atomic E-state index is 6.04. The smallest absolute Gasteiger partial charge is 0.118 e. The van der Waals surface area contributed by atoms with Crippen molar-refractivity contribution in [3.63, 3.8) is 0 Å². The van der Waals surface area contributed by atoms with Crippen LogP contribution in [-0.4, -0.2) is 31.1 Å². The number of nitrogens with two attached hydrogens (primary N) is 1. The van der Waals surface area contributed by atoms with Crippen LogP contribution in [-0.2, 0) is 6.54 Å². The summed E-state index contributed by atoms with van der Waals surface area (Å²) in [5.74, 6) is 0.903. The first kappa shape index (κ1) is 16.0. The molecule has 0 aliphatic rings. The fourth-order valence-electron chi connectivity index (χ4n) is 2.68. The molecule has 1 aromatic carbocycles. The molecule has 0 aromatic heterocycles. The highest BCUT2D eigenvalue weighted by atomic mass is 16.5. The van der Waals surface area contributed by atoms with Crippen LogP contribution in [0, 0.1) is 0 Å². The summed E-state index contributed by atoms with van der Waals surface area (Å²) < 4.78 is 5.19. The van der Waals surface area contributed by atoms with Gasteiger partial charge in [-0.15, -0.1) is 0 Å². The number of benzene rings is 1. The molecule has 3 nitrogen and oxygen atoms in total. The van der Waals surface area contributed by atoms with Crippen molar-refractivity contribution in [2.45, 2.75) is 45.2 Å². The van der Waals surface area contributed by atoms with Crippen molar-refractivity contribution in [2.24, 2.45) is 5.73 Å². The first-order valence-corrected chi connectivity index (χ1v) is 7.16. The van der Waals surface area contributed by atoms with Crippen LogP contribution in [0.5, 0.6) is 5.75 Å². The summed E-state index contributed by atoms with van der Waals surface area (Å²) in [6.45, 7) is 6.09. The van der Waals surface area contributed by atoms with Crippen LogP contribution in [0.1, 0.15) is 38.7 Å². The van der Waals surface area contributed by atoms with Gasteiger partial charge in [0.2, 0.25) is 0 Å². The molecule has 19 heavy (non-hydrogen) atoms. The molecule has 0 fully saturated rings. The Balaban J connectivity index is 2.77. The zero-order valence-corrected chi connectivity index (χ0v) is 12.8. The van der Waals surface area contributed by atoms with Crippen molar-refractivity contribution in [3.05, 3.63) is 29.8 Å². The summed E-state index contributed by atoms with van der Waals surface area (Å²) in [6, 6.07) is 8.27. The first-order valence-electron chi connectivity index (χ1n) is 7.16. The average molecular weight is 264 g/mol. The quantitative estimate of drug-likeness (QED) is 0.784. The first-order chi connectivity index (χ1) is 9.11. The molecule has 0 bridgehead atoms. The largest absolute Gasteiger partial charge is 0.497 e. The van der Waals surface area contributed by atoms with Crippen molar-refractivity contribution in [3.8, 4) is 5.75 Å². The minimum absolute atomic E-state index is 0.120. The summed E-state index contributed by atoms with van der Waals surface area (Å²) in [5, 5.41) is 0. The molecule has 0 spiro atoms. The molecular weight excluding hydrogens is 236 g/mol. The zero-order chi connectivity index (χ0) is 14.3. The van der Waals surface area contributed by atoms with Crippen LogP contribution in [0.25, 0.3) is 0 Å². The van der Waals surface area contributed by atoms with E-state index in [1.807, 2.05) is 12.1 Å². The van der Waals surface area contributed by atoms with E-state index >= 15 is 0 Å². The molecular formula is C16H28N2O. The van der Waals surface area contributed by atoms with Crippen LogP contribution in [0.3, 0.4) is 0 Å². The lowest BCUT2D eigenvalue weighted by molar-refractivity contribution is 0.102.